The molecule has 1 aliphatic rings. The Morgan fingerprint density at radius 1 is 0.839 bits per heavy atom. The van der Waals surface area contributed by atoms with E-state index in [4.69, 9.17) is 0 Å². The number of nitrogens with one attached hydrogen (secondary N) is 1. The molecule has 3 aromatic rings. The third kappa shape index (κ3) is 3.87. The Bertz CT molecular complexity index is 1280. The van der Waals surface area contributed by atoms with Gasteiger partial charge in [-0.05, 0) is 11.6 Å². The normalized spacial score (nSPS) is 14.7. The van der Waals surface area contributed by atoms with Crippen LogP contribution in [-0.4, -0.2) is 31.5 Å². The number of ketones is 1. The van der Waals surface area contributed by atoms with Crippen molar-refractivity contribution in [3.05, 3.63) is 107 Å². The van der Waals surface area contributed by atoms with E-state index in [0.717, 1.165) is 9.87 Å². The first-order valence-electron chi connectivity index (χ1n) is 9.65. The van der Waals surface area contributed by atoms with Gasteiger partial charge < -0.3 is 5.32 Å². The Labute approximate surface area is 180 Å². The molecule has 0 bridgehead atoms. The molecule has 3 aromatic carbocycles. The minimum atomic E-state index is -3.95. The number of Topliss-reactive ketones (excluding diaryl/α,β-unsaturated/α-hetero) is 1. The van der Waals surface area contributed by atoms with Gasteiger partial charge in [-0.3, -0.25) is 13.9 Å². The quantitative estimate of drug-likeness (QED) is 0.628. The van der Waals surface area contributed by atoms with Crippen molar-refractivity contribution in [1.82, 2.24) is 9.62 Å². The van der Waals surface area contributed by atoms with Crippen LogP contribution in [0, 0.1) is 0 Å². The van der Waals surface area contributed by atoms with Gasteiger partial charge in [0, 0.05) is 18.2 Å². The molecule has 7 heteroatoms. The summed E-state index contributed by atoms with van der Waals surface area (Å²) in [6, 6.07) is 23.9. The van der Waals surface area contributed by atoms with Crippen LogP contribution in [0.1, 0.15) is 21.5 Å². The fourth-order valence-corrected chi connectivity index (χ4v) is 4.93. The summed E-state index contributed by atoms with van der Waals surface area (Å²) < 4.78 is 27.1. The molecule has 1 amide bonds. The van der Waals surface area contributed by atoms with Crippen LogP contribution in [0.15, 0.2) is 95.5 Å². The monoisotopic (exact) mass is 432 g/mol. The number of hydrogen-bond acceptors (Lipinski definition) is 4. The predicted molar refractivity (Wildman–Crippen MR) is 117 cm³/mol. The summed E-state index contributed by atoms with van der Waals surface area (Å²) in [4.78, 5) is 26.2. The maximum Gasteiger partial charge on any atom is 0.264 e. The van der Waals surface area contributed by atoms with Gasteiger partial charge >= 0.3 is 0 Å². The molecule has 0 aliphatic carbocycles. The number of hydrogen-bond donors (Lipinski definition) is 1. The van der Waals surface area contributed by atoms with Crippen LogP contribution in [0.5, 0.6) is 0 Å². The van der Waals surface area contributed by atoms with Crippen molar-refractivity contribution < 1.29 is 18.0 Å². The average molecular weight is 433 g/mol. The molecule has 0 saturated heterocycles. The molecule has 4 rings (SSSR count). The van der Waals surface area contributed by atoms with Gasteiger partial charge in [-0.25, -0.2) is 8.42 Å². The zero-order valence-electron chi connectivity index (χ0n) is 16.8. The third-order valence-corrected chi connectivity index (χ3v) is 6.88. The van der Waals surface area contributed by atoms with Crippen LogP contribution >= 0.6 is 0 Å². The van der Waals surface area contributed by atoms with Crippen LogP contribution in [-0.2, 0) is 21.2 Å². The van der Waals surface area contributed by atoms with Gasteiger partial charge in [0.05, 0.1) is 17.0 Å². The Balaban J connectivity index is 1.84. The summed E-state index contributed by atoms with van der Waals surface area (Å²) in [6.45, 7) is 0. The fourth-order valence-electron chi connectivity index (χ4n) is 3.53. The Hall–Kier alpha value is -3.71. The molecule has 31 heavy (non-hydrogen) atoms. The molecule has 0 saturated carbocycles. The SMILES string of the molecule is CN1C(C(=O)c2ccccc2)=C(NC(=O)Cc2ccccc2)c2ccccc2S1(=O)=O. The Morgan fingerprint density at radius 2 is 1.42 bits per heavy atom. The number of likely N-dealkylation sites (N-methyl/N-ethyl adjacent to an activating group) is 1. The van der Waals surface area contributed by atoms with E-state index in [0.29, 0.717) is 11.1 Å². The van der Waals surface area contributed by atoms with Crippen molar-refractivity contribution in [3.63, 3.8) is 0 Å². The maximum absolute atomic E-state index is 13.3. The number of amides is 1. The molecule has 1 aliphatic heterocycles. The number of fused-ring (bicyclic) bond motifs is 1. The zero-order valence-corrected chi connectivity index (χ0v) is 17.6. The molecular formula is C24H20N2O4S. The van der Waals surface area contributed by atoms with Crippen molar-refractivity contribution >= 4 is 27.4 Å². The highest BCUT2D eigenvalue weighted by Crippen LogP contribution is 2.35. The van der Waals surface area contributed by atoms with Crippen molar-refractivity contribution in [2.24, 2.45) is 0 Å². The van der Waals surface area contributed by atoms with E-state index in [-0.39, 0.29) is 28.6 Å². The zero-order chi connectivity index (χ0) is 22.0. The lowest BCUT2D eigenvalue weighted by Gasteiger charge is -2.31. The molecule has 0 radical (unpaired) electrons. The molecule has 0 atom stereocenters. The smallest absolute Gasteiger partial charge is 0.264 e. The van der Waals surface area contributed by atoms with Gasteiger partial charge in [-0.2, -0.15) is 0 Å². The molecule has 0 aromatic heterocycles. The first kappa shape index (κ1) is 20.6. The molecule has 0 unspecified atom stereocenters. The number of sulfonamides is 1. The summed E-state index contributed by atoms with van der Waals surface area (Å²) in [5, 5.41) is 2.81. The minimum absolute atomic E-state index is 0.0390. The van der Waals surface area contributed by atoms with E-state index in [1.54, 1.807) is 48.5 Å². The average Bonchev–Trinajstić information content (AvgIpc) is 2.79. The number of benzene rings is 3. The van der Waals surface area contributed by atoms with Crippen LogP contribution in [0.2, 0.25) is 0 Å². The number of allylic oxidation sites excluding steroid dienone is 1. The van der Waals surface area contributed by atoms with Gasteiger partial charge in [0.15, 0.2) is 0 Å². The van der Waals surface area contributed by atoms with Gasteiger partial charge in [0.1, 0.15) is 5.70 Å². The summed E-state index contributed by atoms with van der Waals surface area (Å²) in [7, 11) is -2.62. The second-order valence-corrected chi connectivity index (χ2v) is 9.04. The highest BCUT2D eigenvalue weighted by Gasteiger charge is 2.38. The van der Waals surface area contributed by atoms with Crippen LogP contribution in [0.4, 0.5) is 0 Å². The van der Waals surface area contributed by atoms with Crippen LogP contribution < -0.4 is 5.32 Å². The standard InChI is InChI=1S/C24H20N2O4S/c1-26-23(24(28)18-12-6-3-7-13-18)22(19-14-8-9-15-20(19)31(26,29)30)25-21(27)16-17-10-4-2-5-11-17/h2-15H,16H2,1H3,(H,25,27). The Kier molecular flexibility index (Phi) is 5.44. The Morgan fingerprint density at radius 3 is 2.10 bits per heavy atom. The second-order valence-electron chi connectivity index (χ2n) is 7.10. The maximum atomic E-state index is 13.3. The van der Waals surface area contributed by atoms with E-state index >= 15 is 0 Å². The summed E-state index contributed by atoms with van der Waals surface area (Å²) in [5.41, 5.74) is 1.52. The van der Waals surface area contributed by atoms with Crippen molar-refractivity contribution in [2.45, 2.75) is 11.3 Å². The van der Waals surface area contributed by atoms with E-state index in [2.05, 4.69) is 5.32 Å². The minimum Gasteiger partial charge on any atom is -0.323 e. The molecule has 6 nitrogen and oxygen atoms in total. The first-order chi connectivity index (χ1) is 14.9. The number of carbonyl (C=O) groups excluding carboxylic acids is 2. The summed E-state index contributed by atoms with van der Waals surface area (Å²) >= 11 is 0. The highest BCUT2D eigenvalue weighted by atomic mass is 32.2. The molecule has 0 fully saturated rings. The second kappa shape index (κ2) is 8.20. The molecular weight excluding hydrogens is 412 g/mol. The number of carbonyl (C=O) groups is 2. The number of nitrogens with zero attached hydrogens (tertiary/aromatic N) is 1. The summed E-state index contributed by atoms with van der Waals surface area (Å²) in [5.74, 6) is -0.835. The van der Waals surface area contributed by atoms with E-state index < -0.39 is 15.8 Å². The molecule has 1 N–H and O–H groups in total. The van der Waals surface area contributed by atoms with Gasteiger partial charge in [0.2, 0.25) is 11.7 Å². The third-order valence-electron chi connectivity index (χ3n) is 5.07. The first-order valence-corrected chi connectivity index (χ1v) is 11.1. The predicted octanol–water partition coefficient (Wildman–Crippen LogP) is 3.23. The van der Waals surface area contributed by atoms with Crippen molar-refractivity contribution in [2.75, 3.05) is 7.05 Å². The molecule has 0 spiro atoms. The van der Waals surface area contributed by atoms with Crippen molar-refractivity contribution in [3.8, 4) is 0 Å². The van der Waals surface area contributed by atoms with Crippen LogP contribution in [0.25, 0.3) is 5.70 Å². The topological polar surface area (TPSA) is 83.6 Å². The van der Waals surface area contributed by atoms with E-state index in [1.807, 2.05) is 30.3 Å². The van der Waals surface area contributed by atoms with Gasteiger partial charge in [0.25, 0.3) is 10.0 Å². The largest absolute Gasteiger partial charge is 0.323 e. The van der Waals surface area contributed by atoms with Crippen molar-refractivity contribution in [1.29, 1.82) is 0 Å². The molecule has 1 heterocycles. The highest BCUT2D eigenvalue weighted by molar-refractivity contribution is 7.89. The lowest BCUT2D eigenvalue weighted by molar-refractivity contribution is -0.119. The van der Waals surface area contributed by atoms with Gasteiger partial charge in [-0.1, -0.05) is 78.9 Å². The molecule has 156 valence electrons. The number of rotatable bonds is 5. The van der Waals surface area contributed by atoms with E-state index in [9.17, 15) is 18.0 Å². The lowest BCUT2D eigenvalue weighted by atomic mass is 10.0. The van der Waals surface area contributed by atoms with E-state index in [1.165, 1.54) is 13.1 Å². The van der Waals surface area contributed by atoms with Gasteiger partial charge in [-0.15, -0.1) is 0 Å². The van der Waals surface area contributed by atoms with Crippen LogP contribution in [0.3, 0.4) is 0 Å². The fraction of sp³-hybridized carbons (Fsp3) is 0.0833. The summed E-state index contributed by atoms with van der Waals surface area (Å²) in [6.07, 6.45) is 0.0930. The lowest BCUT2D eigenvalue weighted by Crippen LogP contribution is -2.39.